The van der Waals surface area contributed by atoms with Crippen LogP contribution in [0.15, 0.2) is 73.1 Å². The number of thiophene rings is 1. The van der Waals surface area contributed by atoms with Crippen LogP contribution in [0, 0.1) is 5.92 Å². The van der Waals surface area contributed by atoms with E-state index in [2.05, 4.69) is 48.3 Å². The minimum absolute atomic E-state index is 0.0968. The number of rotatable bonds is 18. The van der Waals surface area contributed by atoms with E-state index in [1.54, 1.807) is 18.5 Å². The highest BCUT2D eigenvalue weighted by molar-refractivity contribution is 7.14. The molecule has 0 aliphatic heterocycles. The quantitative estimate of drug-likeness (QED) is 0.0738. The van der Waals surface area contributed by atoms with Gasteiger partial charge in [-0.25, -0.2) is 14.8 Å². The molecule has 0 bridgehead atoms. The maximum atomic E-state index is 13.8. The molecule has 1 fully saturated rings. The van der Waals surface area contributed by atoms with E-state index in [0.29, 0.717) is 30.2 Å². The summed E-state index contributed by atoms with van der Waals surface area (Å²) in [6.45, 7) is 9.12. The van der Waals surface area contributed by atoms with E-state index in [0.717, 1.165) is 58.6 Å². The van der Waals surface area contributed by atoms with Crippen LogP contribution in [0.2, 0.25) is 0 Å². The van der Waals surface area contributed by atoms with Gasteiger partial charge >= 0.3 is 5.97 Å². The zero-order chi connectivity index (χ0) is 39.4. The zero-order valence-corrected chi connectivity index (χ0v) is 33.4. The van der Waals surface area contributed by atoms with Crippen molar-refractivity contribution >= 4 is 29.1 Å². The molecule has 11 heteroatoms. The summed E-state index contributed by atoms with van der Waals surface area (Å²) < 4.78 is 5.90. The Balaban J connectivity index is 1.26. The predicted octanol–water partition coefficient (Wildman–Crippen LogP) is 8.37. The van der Waals surface area contributed by atoms with Crippen molar-refractivity contribution in [1.29, 1.82) is 0 Å². The van der Waals surface area contributed by atoms with Gasteiger partial charge in [0.25, 0.3) is 5.91 Å². The molecule has 1 aliphatic carbocycles. The molecule has 1 saturated carbocycles. The zero-order valence-electron chi connectivity index (χ0n) is 32.6. The topological polar surface area (TPSA) is 151 Å². The smallest absolute Gasteiger partial charge is 0.328 e. The van der Waals surface area contributed by atoms with Crippen molar-refractivity contribution in [2.24, 2.45) is 5.92 Å². The Hall–Kier alpha value is -4.61. The average Bonchev–Trinajstić information content (AvgIpc) is 3.71. The van der Waals surface area contributed by atoms with Crippen LogP contribution in [0.25, 0.3) is 22.5 Å². The van der Waals surface area contributed by atoms with Crippen molar-refractivity contribution in [1.82, 2.24) is 20.6 Å². The normalized spacial score (nSPS) is 15.1. The van der Waals surface area contributed by atoms with E-state index in [1.165, 1.54) is 37.0 Å². The van der Waals surface area contributed by atoms with E-state index in [9.17, 15) is 24.6 Å². The highest BCUT2D eigenvalue weighted by Crippen LogP contribution is 2.30. The van der Waals surface area contributed by atoms with E-state index < -0.39 is 36.0 Å². The third kappa shape index (κ3) is 11.9. The summed E-state index contributed by atoms with van der Waals surface area (Å²) in [4.78, 5) is 50.3. The van der Waals surface area contributed by atoms with Crippen molar-refractivity contribution in [3.05, 3.63) is 88.4 Å². The van der Waals surface area contributed by atoms with E-state index >= 15 is 0 Å². The number of carbonyl (C=O) groups excluding carboxylic acids is 2. The summed E-state index contributed by atoms with van der Waals surface area (Å²) in [5, 5.41) is 26.5. The Morgan fingerprint density at radius 1 is 0.836 bits per heavy atom. The van der Waals surface area contributed by atoms with Crippen molar-refractivity contribution in [3.8, 4) is 28.3 Å². The lowest BCUT2D eigenvalue weighted by Gasteiger charge is -2.31. The maximum absolute atomic E-state index is 13.8. The predicted molar refractivity (Wildman–Crippen MR) is 217 cm³/mol. The molecule has 3 unspecified atom stereocenters. The molecule has 0 saturated heterocycles. The van der Waals surface area contributed by atoms with Gasteiger partial charge in [0.05, 0.1) is 17.6 Å². The lowest BCUT2D eigenvalue weighted by atomic mass is 9.82. The van der Waals surface area contributed by atoms with Gasteiger partial charge in [0.2, 0.25) is 5.91 Å². The van der Waals surface area contributed by atoms with Gasteiger partial charge in [-0.15, -0.1) is 11.3 Å². The van der Waals surface area contributed by atoms with Crippen LogP contribution in [-0.4, -0.2) is 62.8 Å². The molecular weight excluding hydrogens is 713 g/mol. The van der Waals surface area contributed by atoms with Gasteiger partial charge in [0, 0.05) is 34.8 Å². The van der Waals surface area contributed by atoms with Gasteiger partial charge in [-0.05, 0) is 66.0 Å². The number of carboxylic acids is 1. The molecule has 0 radical (unpaired) electrons. The number of benzene rings is 2. The number of aliphatic hydroxyl groups is 1. The number of aliphatic carboxylic acids is 1. The van der Waals surface area contributed by atoms with E-state index in [-0.39, 0.29) is 17.8 Å². The first-order valence-corrected chi connectivity index (χ1v) is 20.5. The Morgan fingerprint density at radius 2 is 1.49 bits per heavy atom. The monoisotopic (exact) mass is 768 g/mol. The molecule has 2 aromatic heterocycles. The highest BCUT2D eigenvalue weighted by Gasteiger charge is 2.36. The largest absolute Gasteiger partial charge is 0.494 e. The Kier molecular flexibility index (Phi) is 15.0. The molecule has 55 heavy (non-hydrogen) atoms. The molecule has 4 aromatic rings. The van der Waals surface area contributed by atoms with Gasteiger partial charge in [-0.3, -0.25) is 9.59 Å². The van der Waals surface area contributed by atoms with Gasteiger partial charge < -0.3 is 25.6 Å². The van der Waals surface area contributed by atoms with Crippen LogP contribution in [0.4, 0.5) is 0 Å². The lowest BCUT2D eigenvalue weighted by Crippen LogP contribution is -2.57. The summed E-state index contributed by atoms with van der Waals surface area (Å²) in [5.74, 6) is -1.25. The highest BCUT2D eigenvalue weighted by atomic mass is 32.1. The first kappa shape index (κ1) is 41.6. The van der Waals surface area contributed by atoms with Crippen LogP contribution in [0.3, 0.4) is 0 Å². The van der Waals surface area contributed by atoms with Gasteiger partial charge in [-0.1, -0.05) is 109 Å². The summed E-state index contributed by atoms with van der Waals surface area (Å²) in [7, 11) is 0. The number of amides is 2. The summed E-state index contributed by atoms with van der Waals surface area (Å²) in [6, 6.07) is 16.4. The molecule has 2 aromatic carbocycles. The third-order valence-electron chi connectivity index (χ3n) is 10.2. The Labute approximate surface area is 329 Å². The molecule has 1 aliphatic rings. The molecule has 294 valence electrons. The van der Waals surface area contributed by atoms with Crippen molar-refractivity contribution in [2.75, 3.05) is 6.61 Å². The number of carboxylic acid groups (broad SMARTS) is 1. The number of aliphatic hydroxyl groups excluding tert-OH is 1. The van der Waals surface area contributed by atoms with Gasteiger partial charge in [0.15, 0.2) is 11.9 Å². The van der Waals surface area contributed by atoms with Crippen molar-refractivity contribution in [3.63, 3.8) is 0 Å². The molecule has 2 heterocycles. The minimum Gasteiger partial charge on any atom is -0.494 e. The fourth-order valence-electron chi connectivity index (χ4n) is 6.89. The fourth-order valence-corrected chi connectivity index (χ4v) is 7.85. The number of carbonyl (C=O) groups is 3. The van der Waals surface area contributed by atoms with Crippen LogP contribution < -0.4 is 15.4 Å². The van der Waals surface area contributed by atoms with Crippen LogP contribution in [-0.2, 0) is 21.4 Å². The summed E-state index contributed by atoms with van der Waals surface area (Å²) in [6.07, 6.45) is 12.7. The second-order valence-electron chi connectivity index (χ2n) is 15.6. The van der Waals surface area contributed by atoms with E-state index in [1.807, 2.05) is 54.6 Å². The van der Waals surface area contributed by atoms with Crippen LogP contribution in [0.5, 0.6) is 5.75 Å². The first-order chi connectivity index (χ1) is 26.4. The van der Waals surface area contributed by atoms with Gasteiger partial charge in [-0.2, -0.15) is 0 Å². The average molecular weight is 769 g/mol. The maximum Gasteiger partial charge on any atom is 0.328 e. The number of nitrogens with zero attached hydrogens (tertiary/aromatic N) is 2. The molecule has 10 nitrogen and oxygen atoms in total. The first-order valence-electron chi connectivity index (χ1n) is 19.7. The SMILES string of the molecule is CCCCCCCOc1ccc(-c2cnc(-c3ccc(CC(NC(=O)c4ccc(C(C)(C)C)s4)C(=O)NC(C(=O)O)C(O)C4CCCCC4)cc3)nc2)cc1. The van der Waals surface area contributed by atoms with Crippen LogP contribution in [0.1, 0.15) is 112 Å². The molecular formula is C44H56N4O6S. The van der Waals surface area contributed by atoms with Crippen molar-refractivity contribution < 1.29 is 29.3 Å². The molecule has 5 rings (SSSR count). The number of aromatic nitrogens is 2. The number of ether oxygens (including phenoxy) is 1. The number of hydrogen-bond acceptors (Lipinski definition) is 8. The second-order valence-corrected chi connectivity index (χ2v) is 16.7. The van der Waals surface area contributed by atoms with Crippen molar-refractivity contribution in [2.45, 2.75) is 122 Å². The van der Waals surface area contributed by atoms with Gasteiger partial charge in [0.1, 0.15) is 11.8 Å². The minimum atomic E-state index is -1.50. The fraction of sp³-hybridized carbons (Fsp3) is 0.477. The standard InChI is InChI=1S/C44H56N4O6S/c1-5-6-7-8-12-25-54-34-21-19-30(20-22-34)33-27-45-40(46-28-33)32-17-15-29(16-18-32)26-35(47-42(51)36-23-24-37(55-36)44(2,3)4)41(50)48-38(43(52)53)39(49)31-13-10-9-11-14-31/h15-24,27-28,31,35,38-39,49H,5-14,25-26H2,1-4H3,(H,47,51)(H,48,50)(H,52,53). The van der Waals surface area contributed by atoms with E-state index in [4.69, 9.17) is 4.74 Å². The Bertz CT molecular complexity index is 1830. The Morgan fingerprint density at radius 3 is 2.11 bits per heavy atom. The lowest BCUT2D eigenvalue weighted by molar-refractivity contribution is -0.147. The molecule has 2 amide bonds. The third-order valence-corrected chi connectivity index (χ3v) is 11.7. The number of hydrogen-bond donors (Lipinski definition) is 4. The summed E-state index contributed by atoms with van der Waals surface area (Å²) >= 11 is 1.36. The molecule has 4 N–H and O–H groups in total. The molecule has 0 spiro atoms. The number of nitrogens with one attached hydrogen (secondary N) is 2. The second kappa shape index (κ2) is 19.8. The van der Waals surface area contributed by atoms with Crippen LogP contribution >= 0.6 is 11.3 Å². The number of unbranched alkanes of at least 4 members (excludes halogenated alkanes) is 4. The molecule has 3 atom stereocenters. The summed E-state index contributed by atoms with van der Waals surface area (Å²) in [5.41, 5.74) is 3.23.